The molecule has 7 nitrogen and oxygen atoms in total. The fourth-order valence-electron chi connectivity index (χ4n) is 3.63. The lowest BCUT2D eigenvalue weighted by Crippen LogP contribution is -2.34. The fraction of sp³-hybridized carbons (Fsp3) is 0.0370. The Hall–Kier alpha value is -4.27. The SMILES string of the molecule is O=C(CNC(=O)c1sc2ccccc2c1Cl)N/N=C\c1cn(-c2ccccc2)nc1-c1ccccc1. The summed E-state index contributed by atoms with van der Waals surface area (Å²) in [5.74, 6) is -0.871. The molecule has 0 saturated carbocycles. The molecular weight excluding hydrogens is 494 g/mol. The average molecular weight is 514 g/mol. The third-order valence-electron chi connectivity index (χ3n) is 5.35. The van der Waals surface area contributed by atoms with E-state index in [2.05, 4.69) is 15.8 Å². The van der Waals surface area contributed by atoms with Crippen molar-refractivity contribution in [3.8, 4) is 16.9 Å². The number of fused-ring (bicyclic) bond motifs is 1. The Bertz CT molecular complexity index is 1560. The van der Waals surface area contributed by atoms with E-state index in [0.717, 1.165) is 32.6 Å². The van der Waals surface area contributed by atoms with E-state index in [4.69, 9.17) is 16.7 Å². The van der Waals surface area contributed by atoms with Crippen molar-refractivity contribution in [3.63, 3.8) is 0 Å². The lowest BCUT2D eigenvalue weighted by atomic mass is 10.1. The zero-order valence-electron chi connectivity index (χ0n) is 18.9. The number of aromatic nitrogens is 2. The van der Waals surface area contributed by atoms with E-state index in [1.807, 2.05) is 91.1 Å². The van der Waals surface area contributed by atoms with E-state index in [0.29, 0.717) is 9.90 Å². The summed E-state index contributed by atoms with van der Waals surface area (Å²) < 4.78 is 2.67. The van der Waals surface area contributed by atoms with Crippen LogP contribution in [-0.4, -0.2) is 34.4 Å². The number of hydrazone groups is 1. The maximum absolute atomic E-state index is 12.6. The van der Waals surface area contributed by atoms with E-state index < -0.39 is 11.8 Å². The summed E-state index contributed by atoms with van der Waals surface area (Å²) in [5.41, 5.74) is 5.74. The second kappa shape index (κ2) is 10.6. The van der Waals surface area contributed by atoms with Crippen LogP contribution in [0.1, 0.15) is 15.2 Å². The van der Waals surface area contributed by atoms with Crippen LogP contribution in [-0.2, 0) is 4.79 Å². The zero-order chi connectivity index (χ0) is 24.9. The van der Waals surface area contributed by atoms with Crippen LogP contribution >= 0.6 is 22.9 Å². The Labute approximate surface area is 216 Å². The van der Waals surface area contributed by atoms with Gasteiger partial charge in [0.25, 0.3) is 11.8 Å². The molecule has 0 saturated heterocycles. The van der Waals surface area contributed by atoms with Crippen LogP contribution in [0.3, 0.4) is 0 Å². The molecule has 0 aliphatic carbocycles. The number of carbonyl (C=O) groups is 2. The highest BCUT2D eigenvalue weighted by atomic mass is 35.5. The molecule has 5 rings (SSSR count). The van der Waals surface area contributed by atoms with Crippen molar-refractivity contribution >= 4 is 51.1 Å². The van der Waals surface area contributed by atoms with E-state index in [1.165, 1.54) is 17.6 Å². The molecule has 9 heteroatoms. The number of hydrogen-bond donors (Lipinski definition) is 2. The van der Waals surface area contributed by atoms with E-state index >= 15 is 0 Å². The number of nitrogens with one attached hydrogen (secondary N) is 2. The molecule has 36 heavy (non-hydrogen) atoms. The summed E-state index contributed by atoms with van der Waals surface area (Å²) >= 11 is 7.63. The minimum absolute atomic E-state index is 0.241. The second-order valence-corrected chi connectivity index (χ2v) is 9.23. The summed E-state index contributed by atoms with van der Waals surface area (Å²) in [7, 11) is 0. The molecule has 2 heterocycles. The summed E-state index contributed by atoms with van der Waals surface area (Å²) in [6.07, 6.45) is 3.38. The zero-order valence-corrected chi connectivity index (χ0v) is 20.5. The molecule has 2 aromatic heterocycles. The predicted molar refractivity (Wildman–Crippen MR) is 144 cm³/mol. The average Bonchev–Trinajstić information content (AvgIpc) is 3.50. The van der Waals surface area contributed by atoms with Crippen LogP contribution in [0.4, 0.5) is 0 Å². The highest BCUT2D eigenvalue weighted by Gasteiger charge is 2.17. The summed E-state index contributed by atoms with van der Waals surface area (Å²) in [6.45, 7) is -0.241. The molecule has 0 atom stereocenters. The number of thiophene rings is 1. The Kier molecular flexibility index (Phi) is 6.88. The number of nitrogens with zero attached hydrogens (tertiary/aromatic N) is 3. The maximum atomic E-state index is 12.6. The second-order valence-electron chi connectivity index (χ2n) is 7.80. The van der Waals surface area contributed by atoms with Crippen LogP contribution < -0.4 is 10.7 Å². The normalized spacial score (nSPS) is 11.1. The minimum Gasteiger partial charge on any atom is -0.342 e. The van der Waals surface area contributed by atoms with Crippen LogP contribution in [0.25, 0.3) is 27.0 Å². The van der Waals surface area contributed by atoms with E-state index in [1.54, 1.807) is 4.68 Å². The minimum atomic E-state index is -0.464. The van der Waals surface area contributed by atoms with Crippen molar-refractivity contribution in [1.82, 2.24) is 20.5 Å². The van der Waals surface area contributed by atoms with Gasteiger partial charge in [-0.15, -0.1) is 11.3 Å². The third-order valence-corrected chi connectivity index (χ3v) is 7.03. The standard InChI is InChI=1S/C27H20ClN5O2S/c28-24-21-13-7-8-14-22(21)36-26(24)27(35)29-16-23(34)31-30-15-19-17-33(20-11-5-2-6-12-20)32-25(19)18-9-3-1-4-10-18/h1-15,17H,16H2,(H,29,35)(H,31,34)/b30-15-. The predicted octanol–water partition coefficient (Wildman–Crippen LogP) is 5.29. The number of halogens is 1. The van der Waals surface area contributed by atoms with Crippen LogP contribution in [0.15, 0.2) is 96.2 Å². The quantitative estimate of drug-likeness (QED) is 0.229. The highest BCUT2D eigenvalue weighted by molar-refractivity contribution is 7.21. The largest absolute Gasteiger partial charge is 0.342 e. The summed E-state index contributed by atoms with van der Waals surface area (Å²) in [4.78, 5) is 25.2. The van der Waals surface area contributed by atoms with Crippen molar-refractivity contribution in [2.75, 3.05) is 6.54 Å². The number of hydrogen-bond acceptors (Lipinski definition) is 5. The van der Waals surface area contributed by atoms with Gasteiger partial charge in [-0.1, -0.05) is 78.3 Å². The van der Waals surface area contributed by atoms with Crippen LogP contribution in [0.5, 0.6) is 0 Å². The van der Waals surface area contributed by atoms with Crippen LogP contribution in [0, 0.1) is 0 Å². The van der Waals surface area contributed by atoms with Gasteiger partial charge in [0.05, 0.1) is 23.5 Å². The van der Waals surface area contributed by atoms with Gasteiger partial charge in [-0.25, -0.2) is 10.1 Å². The van der Waals surface area contributed by atoms with Crippen molar-refractivity contribution in [2.24, 2.45) is 5.10 Å². The molecule has 0 spiro atoms. The van der Waals surface area contributed by atoms with E-state index in [-0.39, 0.29) is 6.54 Å². The lowest BCUT2D eigenvalue weighted by molar-refractivity contribution is -0.120. The molecule has 0 radical (unpaired) electrons. The van der Waals surface area contributed by atoms with Crippen molar-refractivity contribution in [2.45, 2.75) is 0 Å². The molecule has 0 aliphatic rings. The molecule has 2 N–H and O–H groups in total. The number of para-hydroxylation sites is 1. The van der Waals surface area contributed by atoms with Crippen LogP contribution in [0.2, 0.25) is 5.02 Å². The number of rotatable bonds is 7. The first-order chi connectivity index (χ1) is 17.6. The van der Waals surface area contributed by atoms with Crippen molar-refractivity contribution in [3.05, 3.63) is 107 Å². The Morgan fingerprint density at radius 2 is 1.67 bits per heavy atom. The van der Waals surface area contributed by atoms with Gasteiger partial charge in [-0.05, 0) is 18.2 Å². The highest BCUT2D eigenvalue weighted by Crippen LogP contribution is 2.34. The first-order valence-electron chi connectivity index (χ1n) is 11.1. The maximum Gasteiger partial charge on any atom is 0.263 e. The molecule has 0 bridgehead atoms. The lowest BCUT2D eigenvalue weighted by Gasteiger charge is -2.03. The first kappa shape index (κ1) is 23.5. The van der Waals surface area contributed by atoms with Gasteiger partial charge in [-0.2, -0.15) is 10.2 Å². The molecule has 3 aromatic carbocycles. The molecule has 0 unspecified atom stereocenters. The van der Waals surface area contributed by atoms with Crippen molar-refractivity contribution < 1.29 is 9.59 Å². The molecular formula is C27H20ClN5O2S. The fourth-order valence-corrected chi connectivity index (χ4v) is 5.06. The van der Waals surface area contributed by atoms with Gasteiger partial charge in [0.15, 0.2) is 0 Å². The Balaban J connectivity index is 1.26. The first-order valence-corrected chi connectivity index (χ1v) is 12.3. The molecule has 0 fully saturated rings. The smallest absolute Gasteiger partial charge is 0.263 e. The molecule has 5 aromatic rings. The van der Waals surface area contributed by atoms with Gasteiger partial charge in [0, 0.05) is 27.4 Å². The van der Waals surface area contributed by atoms with Gasteiger partial charge < -0.3 is 5.32 Å². The van der Waals surface area contributed by atoms with Gasteiger partial charge in [0.2, 0.25) is 0 Å². The third kappa shape index (κ3) is 5.05. The van der Waals surface area contributed by atoms with Gasteiger partial charge in [-0.3, -0.25) is 9.59 Å². The molecule has 0 aliphatic heterocycles. The van der Waals surface area contributed by atoms with Crippen molar-refractivity contribution in [1.29, 1.82) is 0 Å². The Morgan fingerprint density at radius 1 is 0.972 bits per heavy atom. The monoisotopic (exact) mass is 513 g/mol. The van der Waals surface area contributed by atoms with Gasteiger partial charge in [0.1, 0.15) is 10.6 Å². The molecule has 2 amide bonds. The topological polar surface area (TPSA) is 88.4 Å². The summed E-state index contributed by atoms with van der Waals surface area (Å²) in [5, 5.41) is 12.6. The number of benzene rings is 3. The number of amides is 2. The van der Waals surface area contributed by atoms with Gasteiger partial charge >= 0.3 is 0 Å². The Morgan fingerprint density at radius 3 is 2.42 bits per heavy atom. The van der Waals surface area contributed by atoms with E-state index in [9.17, 15) is 9.59 Å². The summed E-state index contributed by atoms with van der Waals surface area (Å²) in [6, 6.07) is 27.0. The molecule has 178 valence electrons. The number of carbonyl (C=O) groups excluding carboxylic acids is 2.